The van der Waals surface area contributed by atoms with Gasteiger partial charge in [0.15, 0.2) is 0 Å². The number of ketones is 1. The second kappa shape index (κ2) is 6.38. The molecule has 0 saturated heterocycles. The van der Waals surface area contributed by atoms with Gasteiger partial charge in [-0.05, 0) is 25.7 Å². The van der Waals surface area contributed by atoms with Crippen molar-refractivity contribution in [2.75, 3.05) is 11.5 Å². The lowest BCUT2D eigenvalue weighted by molar-refractivity contribution is -0.122. The van der Waals surface area contributed by atoms with E-state index in [1.807, 2.05) is 6.92 Å². The fourth-order valence-corrected chi connectivity index (χ4v) is 3.74. The third-order valence-corrected chi connectivity index (χ3v) is 5.15. The number of hydrogen-bond donors (Lipinski definition) is 0. The van der Waals surface area contributed by atoms with E-state index in [0.717, 1.165) is 25.7 Å². The van der Waals surface area contributed by atoms with Crippen molar-refractivity contribution in [2.24, 2.45) is 5.92 Å². The van der Waals surface area contributed by atoms with Crippen molar-refractivity contribution in [1.29, 1.82) is 0 Å². The van der Waals surface area contributed by atoms with E-state index in [9.17, 15) is 13.2 Å². The fraction of sp³-hybridized carbons (Fsp3) is 0.917. The molecule has 0 spiro atoms. The SMILES string of the molecule is CCCS(=O)(=O)CCCC(=O)C1CCCC1. The Bertz CT molecular complexity index is 313. The zero-order chi connectivity index (χ0) is 12.0. The van der Waals surface area contributed by atoms with Gasteiger partial charge in [0.1, 0.15) is 15.6 Å². The molecule has 3 nitrogen and oxygen atoms in total. The Morgan fingerprint density at radius 1 is 1.19 bits per heavy atom. The van der Waals surface area contributed by atoms with Crippen LogP contribution in [0.5, 0.6) is 0 Å². The van der Waals surface area contributed by atoms with Crippen LogP contribution in [-0.4, -0.2) is 25.7 Å². The van der Waals surface area contributed by atoms with Gasteiger partial charge in [0.05, 0.1) is 5.75 Å². The summed E-state index contributed by atoms with van der Waals surface area (Å²) in [7, 11) is -2.90. The van der Waals surface area contributed by atoms with Crippen molar-refractivity contribution in [1.82, 2.24) is 0 Å². The normalized spacial score (nSPS) is 17.8. The minimum Gasteiger partial charge on any atom is -0.299 e. The fourth-order valence-electron chi connectivity index (χ4n) is 2.33. The van der Waals surface area contributed by atoms with Crippen LogP contribution < -0.4 is 0 Å². The van der Waals surface area contributed by atoms with E-state index in [4.69, 9.17) is 0 Å². The molecule has 0 aromatic rings. The third-order valence-electron chi connectivity index (χ3n) is 3.20. The van der Waals surface area contributed by atoms with Gasteiger partial charge in [-0.15, -0.1) is 0 Å². The molecule has 0 unspecified atom stereocenters. The number of rotatable bonds is 7. The average Bonchev–Trinajstić information content (AvgIpc) is 2.69. The highest BCUT2D eigenvalue weighted by atomic mass is 32.2. The van der Waals surface area contributed by atoms with Crippen LogP contribution in [0.1, 0.15) is 51.9 Å². The van der Waals surface area contributed by atoms with Crippen molar-refractivity contribution in [3.8, 4) is 0 Å². The van der Waals surface area contributed by atoms with E-state index < -0.39 is 9.84 Å². The summed E-state index contributed by atoms with van der Waals surface area (Å²) < 4.78 is 22.8. The lowest BCUT2D eigenvalue weighted by Crippen LogP contribution is -2.15. The lowest BCUT2D eigenvalue weighted by atomic mass is 9.99. The topological polar surface area (TPSA) is 51.2 Å². The van der Waals surface area contributed by atoms with E-state index in [-0.39, 0.29) is 23.2 Å². The zero-order valence-electron chi connectivity index (χ0n) is 10.1. The van der Waals surface area contributed by atoms with Gasteiger partial charge < -0.3 is 0 Å². The van der Waals surface area contributed by atoms with Crippen molar-refractivity contribution in [2.45, 2.75) is 51.9 Å². The van der Waals surface area contributed by atoms with Crippen LogP contribution >= 0.6 is 0 Å². The predicted octanol–water partition coefficient (Wildman–Crippen LogP) is 2.35. The van der Waals surface area contributed by atoms with Gasteiger partial charge in [-0.3, -0.25) is 4.79 Å². The highest BCUT2D eigenvalue weighted by Crippen LogP contribution is 2.26. The zero-order valence-corrected chi connectivity index (χ0v) is 10.9. The summed E-state index contributed by atoms with van der Waals surface area (Å²) in [6, 6.07) is 0. The molecule has 0 bridgehead atoms. The summed E-state index contributed by atoms with van der Waals surface area (Å²) in [4.78, 5) is 11.7. The van der Waals surface area contributed by atoms with Gasteiger partial charge in [0, 0.05) is 18.1 Å². The minimum absolute atomic E-state index is 0.180. The Morgan fingerprint density at radius 2 is 1.81 bits per heavy atom. The van der Waals surface area contributed by atoms with Crippen LogP contribution in [0, 0.1) is 5.92 Å². The molecule has 0 atom stereocenters. The summed E-state index contributed by atoms with van der Waals surface area (Å²) in [6.45, 7) is 1.86. The molecule has 0 N–H and O–H groups in total. The Kier molecular flexibility index (Phi) is 5.46. The predicted molar refractivity (Wildman–Crippen MR) is 65.1 cm³/mol. The molecule has 0 amide bonds. The van der Waals surface area contributed by atoms with Gasteiger partial charge in [-0.1, -0.05) is 19.8 Å². The molecule has 1 saturated carbocycles. The largest absolute Gasteiger partial charge is 0.299 e. The summed E-state index contributed by atoms with van der Waals surface area (Å²) >= 11 is 0. The standard InChI is InChI=1S/C12H22O3S/c1-2-9-16(14,15)10-5-8-12(13)11-6-3-4-7-11/h11H,2-10H2,1H3. The molecule has 1 aliphatic carbocycles. The van der Waals surface area contributed by atoms with E-state index in [1.165, 1.54) is 0 Å². The van der Waals surface area contributed by atoms with Crippen molar-refractivity contribution in [3.63, 3.8) is 0 Å². The summed E-state index contributed by atoms with van der Waals surface area (Å²) in [6.07, 6.45) is 5.97. The summed E-state index contributed by atoms with van der Waals surface area (Å²) in [5.74, 6) is 0.947. The van der Waals surface area contributed by atoms with Gasteiger partial charge in [0.2, 0.25) is 0 Å². The van der Waals surface area contributed by atoms with Crippen LogP contribution in [0.3, 0.4) is 0 Å². The van der Waals surface area contributed by atoms with Gasteiger partial charge in [-0.25, -0.2) is 8.42 Å². The monoisotopic (exact) mass is 246 g/mol. The van der Waals surface area contributed by atoms with E-state index in [0.29, 0.717) is 19.3 Å². The Morgan fingerprint density at radius 3 is 2.38 bits per heavy atom. The number of carbonyl (C=O) groups excluding carboxylic acids is 1. The second-order valence-corrected chi connectivity index (χ2v) is 7.01. The molecule has 0 aliphatic heterocycles. The highest BCUT2D eigenvalue weighted by molar-refractivity contribution is 7.91. The van der Waals surface area contributed by atoms with Crippen LogP contribution in [-0.2, 0) is 14.6 Å². The van der Waals surface area contributed by atoms with Crippen LogP contribution in [0.25, 0.3) is 0 Å². The summed E-state index contributed by atoms with van der Waals surface area (Å²) in [5, 5.41) is 0. The van der Waals surface area contributed by atoms with Crippen LogP contribution in [0.2, 0.25) is 0 Å². The quantitative estimate of drug-likeness (QED) is 0.693. The maximum absolute atomic E-state index is 11.7. The van der Waals surface area contributed by atoms with E-state index in [1.54, 1.807) is 0 Å². The first-order valence-electron chi connectivity index (χ1n) is 6.28. The van der Waals surface area contributed by atoms with Crippen molar-refractivity contribution in [3.05, 3.63) is 0 Å². The van der Waals surface area contributed by atoms with E-state index >= 15 is 0 Å². The number of carbonyl (C=O) groups is 1. The molecule has 1 fully saturated rings. The first kappa shape index (κ1) is 13.7. The average molecular weight is 246 g/mol. The second-order valence-electron chi connectivity index (χ2n) is 4.70. The molecular weight excluding hydrogens is 224 g/mol. The smallest absolute Gasteiger partial charge is 0.150 e. The number of hydrogen-bond acceptors (Lipinski definition) is 3. The molecule has 0 radical (unpaired) electrons. The molecular formula is C12H22O3S. The van der Waals surface area contributed by atoms with Crippen LogP contribution in [0.15, 0.2) is 0 Å². The molecule has 1 aliphatic rings. The summed E-state index contributed by atoms with van der Waals surface area (Å²) in [5.41, 5.74) is 0. The molecule has 1 rings (SSSR count). The van der Waals surface area contributed by atoms with Gasteiger partial charge in [-0.2, -0.15) is 0 Å². The molecule has 0 aromatic heterocycles. The van der Waals surface area contributed by atoms with E-state index in [2.05, 4.69) is 0 Å². The third kappa shape index (κ3) is 4.64. The lowest BCUT2D eigenvalue weighted by Gasteiger charge is -2.07. The maximum Gasteiger partial charge on any atom is 0.150 e. The number of Topliss-reactive ketones (excluding diaryl/α,β-unsaturated/α-hetero) is 1. The first-order chi connectivity index (χ1) is 7.55. The Hall–Kier alpha value is -0.380. The Labute approximate surface area is 98.5 Å². The van der Waals surface area contributed by atoms with Crippen molar-refractivity contribution < 1.29 is 13.2 Å². The number of sulfone groups is 1. The van der Waals surface area contributed by atoms with Crippen molar-refractivity contribution >= 4 is 15.6 Å². The molecule has 16 heavy (non-hydrogen) atoms. The minimum atomic E-state index is -2.90. The maximum atomic E-state index is 11.7. The molecule has 0 aromatic carbocycles. The molecule has 94 valence electrons. The Balaban J connectivity index is 2.22. The highest BCUT2D eigenvalue weighted by Gasteiger charge is 2.22. The van der Waals surface area contributed by atoms with Gasteiger partial charge in [0.25, 0.3) is 0 Å². The molecule has 0 heterocycles. The molecule has 4 heteroatoms. The van der Waals surface area contributed by atoms with Gasteiger partial charge >= 0.3 is 0 Å². The first-order valence-corrected chi connectivity index (χ1v) is 8.10. The van der Waals surface area contributed by atoms with Crippen LogP contribution in [0.4, 0.5) is 0 Å².